The first-order valence-corrected chi connectivity index (χ1v) is 14.1. The Balaban J connectivity index is 1.37. The molecule has 200 valence electrons. The number of carbonyl (C=O) groups excluding carboxylic acids is 1. The van der Waals surface area contributed by atoms with Crippen LogP contribution in [0, 0.1) is 0 Å². The smallest absolute Gasteiger partial charge is 0.430 e. The van der Waals surface area contributed by atoms with E-state index in [1.165, 1.54) is 51.4 Å². The third-order valence-corrected chi connectivity index (χ3v) is 6.45. The second-order valence-corrected chi connectivity index (χ2v) is 9.62. The zero-order valence-corrected chi connectivity index (χ0v) is 22.5. The number of benzene rings is 1. The van der Waals surface area contributed by atoms with E-state index in [1.807, 2.05) is 30.6 Å². The Morgan fingerprint density at radius 3 is 1.95 bits per heavy atom. The second kappa shape index (κ2) is 16.6. The van der Waals surface area contributed by atoms with Crippen LogP contribution in [-0.2, 0) is 12.8 Å². The van der Waals surface area contributed by atoms with Gasteiger partial charge in [-0.25, -0.2) is 14.8 Å². The van der Waals surface area contributed by atoms with Crippen molar-refractivity contribution in [1.82, 2.24) is 9.97 Å². The van der Waals surface area contributed by atoms with Gasteiger partial charge in [0.2, 0.25) is 0 Å². The van der Waals surface area contributed by atoms with Gasteiger partial charge in [-0.15, -0.1) is 0 Å². The van der Waals surface area contributed by atoms with Gasteiger partial charge in [0, 0.05) is 36.9 Å². The van der Waals surface area contributed by atoms with Crippen LogP contribution < -0.4 is 9.47 Å². The number of hydrogen-bond acceptors (Lipinski definition) is 6. The lowest BCUT2D eigenvalue weighted by molar-refractivity contribution is 0.139. The van der Waals surface area contributed by atoms with E-state index < -0.39 is 6.16 Å². The Bertz CT molecular complexity index is 1030. The zero-order valence-electron chi connectivity index (χ0n) is 22.5. The van der Waals surface area contributed by atoms with E-state index in [0.717, 1.165) is 61.2 Å². The highest BCUT2D eigenvalue weighted by Crippen LogP contribution is 2.23. The lowest BCUT2D eigenvalue weighted by atomic mass is 10.1. The molecule has 3 aromatic rings. The summed E-state index contributed by atoms with van der Waals surface area (Å²) in [5, 5.41) is 0. The average Bonchev–Trinajstić information content (AvgIpc) is 3.35. The maximum Gasteiger partial charge on any atom is 0.521 e. The molecule has 37 heavy (non-hydrogen) atoms. The largest absolute Gasteiger partial charge is 0.521 e. The highest BCUT2D eigenvalue weighted by atomic mass is 16.8. The van der Waals surface area contributed by atoms with Crippen LogP contribution in [0.15, 0.2) is 53.2 Å². The van der Waals surface area contributed by atoms with Crippen LogP contribution in [-0.4, -0.2) is 16.1 Å². The fourth-order valence-electron chi connectivity index (χ4n) is 4.24. The number of ether oxygens (including phenoxy) is 2. The molecule has 0 N–H and O–H groups in total. The lowest BCUT2D eigenvalue weighted by Gasteiger charge is -2.06. The van der Waals surface area contributed by atoms with Gasteiger partial charge in [-0.05, 0) is 36.6 Å². The zero-order chi connectivity index (χ0) is 26.1. The summed E-state index contributed by atoms with van der Waals surface area (Å²) < 4.78 is 16.0. The summed E-state index contributed by atoms with van der Waals surface area (Å²) in [6.45, 7) is 4.41. The molecule has 0 saturated heterocycles. The minimum Gasteiger partial charge on any atom is -0.430 e. The van der Waals surface area contributed by atoms with E-state index in [1.54, 1.807) is 18.2 Å². The van der Waals surface area contributed by atoms with Crippen LogP contribution in [0.4, 0.5) is 4.79 Å². The monoisotopic (exact) mass is 506 g/mol. The summed E-state index contributed by atoms with van der Waals surface area (Å²) >= 11 is 0. The van der Waals surface area contributed by atoms with Crippen molar-refractivity contribution in [2.45, 2.75) is 104 Å². The van der Waals surface area contributed by atoms with E-state index in [9.17, 15) is 4.79 Å². The fourth-order valence-corrected chi connectivity index (χ4v) is 4.24. The molecule has 2 heterocycles. The number of nitrogens with zero attached hydrogens (tertiary/aromatic N) is 2. The minimum atomic E-state index is -0.827. The molecule has 0 unspecified atom stereocenters. The molecule has 0 fully saturated rings. The normalized spacial score (nSPS) is 11.0. The van der Waals surface area contributed by atoms with E-state index in [4.69, 9.17) is 13.9 Å². The molecule has 2 aromatic heterocycles. The SMILES string of the molecule is CCCCCCCCCCCc1ncc(-c2ccc(OC(=O)Oc3ccc(CCCCC)o3)cc2)cn1. The molecule has 0 atom stereocenters. The fraction of sp³-hybridized carbons (Fsp3) is 0.516. The minimum absolute atomic E-state index is 0.146. The van der Waals surface area contributed by atoms with Crippen molar-refractivity contribution in [3.05, 3.63) is 60.4 Å². The Morgan fingerprint density at radius 2 is 1.27 bits per heavy atom. The number of unbranched alkanes of at least 4 members (excludes halogenated alkanes) is 10. The number of rotatable bonds is 17. The summed E-state index contributed by atoms with van der Waals surface area (Å²) in [5.41, 5.74) is 1.88. The third-order valence-electron chi connectivity index (χ3n) is 6.45. The van der Waals surface area contributed by atoms with Gasteiger partial charge in [0.05, 0.1) is 0 Å². The Morgan fingerprint density at radius 1 is 0.676 bits per heavy atom. The van der Waals surface area contributed by atoms with Crippen LogP contribution in [0.25, 0.3) is 11.1 Å². The van der Waals surface area contributed by atoms with Gasteiger partial charge in [-0.3, -0.25) is 0 Å². The Hall–Kier alpha value is -3.15. The Kier molecular flexibility index (Phi) is 12.7. The molecule has 0 bridgehead atoms. The summed E-state index contributed by atoms with van der Waals surface area (Å²) in [7, 11) is 0. The van der Waals surface area contributed by atoms with E-state index in [2.05, 4.69) is 23.8 Å². The van der Waals surface area contributed by atoms with Crippen LogP contribution in [0.1, 0.15) is 102 Å². The maximum absolute atomic E-state index is 12.1. The van der Waals surface area contributed by atoms with Crippen molar-refractivity contribution in [1.29, 1.82) is 0 Å². The molecule has 0 radical (unpaired) electrons. The molecule has 3 rings (SSSR count). The van der Waals surface area contributed by atoms with Crippen molar-refractivity contribution >= 4 is 6.16 Å². The van der Waals surface area contributed by atoms with Gasteiger partial charge in [-0.1, -0.05) is 90.2 Å². The first-order chi connectivity index (χ1) is 18.2. The first kappa shape index (κ1) is 28.4. The maximum atomic E-state index is 12.1. The van der Waals surface area contributed by atoms with Gasteiger partial charge in [0.1, 0.15) is 17.3 Å². The number of aryl methyl sites for hydroxylation is 2. The standard InChI is InChI=1S/C31H42N2O4/c1-3-5-7-8-9-10-11-12-14-16-29-32-23-26(24-33-29)25-17-19-28(20-18-25)36-31(34)37-30-22-21-27(35-30)15-13-6-4-2/h17-24H,3-16H2,1-2H3. The second-order valence-electron chi connectivity index (χ2n) is 9.62. The molecule has 0 aliphatic heterocycles. The number of furan rings is 1. The van der Waals surface area contributed by atoms with Crippen molar-refractivity contribution in [2.75, 3.05) is 0 Å². The van der Waals surface area contributed by atoms with Crippen LogP contribution in [0.2, 0.25) is 0 Å². The van der Waals surface area contributed by atoms with Crippen molar-refractivity contribution in [2.24, 2.45) is 0 Å². The molecule has 0 saturated carbocycles. The lowest BCUT2D eigenvalue weighted by Crippen LogP contribution is -2.13. The van der Waals surface area contributed by atoms with Gasteiger partial charge >= 0.3 is 6.16 Å². The molecule has 0 amide bonds. The summed E-state index contributed by atoms with van der Waals surface area (Å²) in [6.07, 6.45) is 19.8. The summed E-state index contributed by atoms with van der Waals surface area (Å²) in [4.78, 5) is 21.2. The highest BCUT2D eigenvalue weighted by Gasteiger charge is 2.12. The van der Waals surface area contributed by atoms with Crippen molar-refractivity contribution in [3.63, 3.8) is 0 Å². The topological polar surface area (TPSA) is 74.5 Å². The quantitative estimate of drug-likeness (QED) is 0.103. The average molecular weight is 507 g/mol. The van der Waals surface area contributed by atoms with Crippen LogP contribution >= 0.6 is 0 Å². The molecular formula is C31H42N2O4. The summed E-state index contributed by atoms with van der Waals surface area (Å²) in [6, 6.07) is 10.7. The van der Waals surface area contributed by atoms with E-state index in [-0.39, 0.29) is 5.95 Å². The van der Waals surface area contributed by atoms with E-state index >= 15 is 0 Å². The van der Waals surface area contributed by atoms with Gasteiger partial charge in [-0.2, -0.15) is 0 Å². The van der Waals surface area contributed by atoms with Gasteiger partial charge in [0.15, 0.2) is 0 Å². The summed E-state index contributed by atoms with van der Waals surface area (Å²) in [5.74, 6) is 2.24. The number of carbonyl (C=O) groups is 1. The predicted molar refractivity (Wildman–Crippen MR) is 147 cm³/mol. The van der Waals surface area contributed by atoms with Crippen LogP contribution in [0.5, 0.6) is 11.7 Å². The molecule has 0 aliphatic carbocycles. The van der Waals surface area contributed by atoms with Crippen LogP contribution in [0.3, 0.4) is 0 Å². The number of hydrogen-bond donors (Lipinski definition) is 0. The van der Waals surface area contributed by atoms with E-state index in [0.29, 0.717) is 5.75 Å². The van der Waals surface area contributed by atoms with Crippen molar-refractivity contribution < 1.29 is 18.7 Å². The molecule has 0 aliphatic rings. The number of aromatic nitrogens is 2. The molecule has 1 aromatic carbocycles. The molecule has 0 spiro atoms. The van der Waals surface area contributed by atoms with Gasteiger partial charge < -0.3 is 13.9 Å². The highest BCUT2D eigenvalue weighted by molar-refractivity contribution is 5.68. The van der Waals surface area contributed by atoms with Crippen molar-refractivity contribution in [3.8, 4) is 22.8 Å². The van der Waals surface area contributed by atoms with Gasteiger partial charge in [0.25, 0.3) is 5.95 Å². The molecule has 6 heteroatoms. The first-order valence-electron chi connectivity index (χ1n) is 14.1. The Labute approximate surface area is 221 Å². The molecular weight excluding hydrogens is 464 g/mol. The molecule has 6 nitrogen and oxygen atoms in total. The third kappa shape index (κ3) is 10.8. The predicted octanol–water partition coefficient (Wildman–Crippen LogP) is 9.12.